The Morgan fingerprint density at radius 3 is 2.71 bits per heavy atom. The van der Waals surface area contributed by atoms with Crippen molar-refractivity contribution in [2.75, 3.05) is 6.61 Å². The van der Waals surface area contributed by atoms with E-state index < -0.39 is 0 Å². The second kappa shape index (κ2) is 3.66. The van der Waals surface area contributed by atoms with Crippen molar-refractivity contribution < 1.29 is 9.53 Å². The van der Waals surface area contributed by atoms with Crippen molar-refractivity contribution in [1.29, 1.82) is 5.26 Å². The van der Waals surface area contributed by atoms with Crippen LogP contribution in [0.25, 0.3) is 0 Å². The molecule has 0 saturated heterocycles. The van der Waals surface area contributed by atoms with Crippen LogP contribution in [0.3, 0.4) is 0 Å². The fourth-order valence-electron chi connectivity index (χ4n) is 0.0912. The van der Waals surface area contributed by atoms with Crippen molar-refractivity contribution in [3.8, 4) is 6.26 Å². The van der Waals surface area contributed by atoms with Gasteiger partial charge in [-0.15, -0.1) is 0 Å². The van der Waals surface area contributed by atoms with Gasteiger partial charge < -0.3 is 0 Å². The van der Waals surface area contributed by atoms with Crippen LogP contribution in [0, 0.1) is 11.5 Å². The van der Waals surface area contributed by atoms with Gasteiger partial charge in [-0.25, -0.2) is 0 Å². The molecule has 0 amide bonds. The maximum atomic E-state index is 9.87. The van der Waals surface area contributed by atoms with Gasteiger partial charge in [0.05, 0.1) is 0 Å². The molecular weight excluding hydrogens is 161 g/mol. The Labute approximate surface area is 49.1 Å². The molecule has 0 aromatic heterocycles. The van der Waals surface area contributed by atoms with Crippen LogP contribution in [0.4, 0.5) is 0 Å². The van der Waals surface area contributed by atoms with Gasteiger partial charge in [0.25, 0.3) is 0 Å². The molecule has 0 atom stereocenters. The number of nitrogens with zero attached hydrogens (tertiary/aromatic N) is 1. The molecule has 0 N–H and O–H groups in total. The summed E-state index contributed by atoms with van der Waals surface area (Å²) in [5.41, 5.74) is 0. The number of hydrogen-bond acceptors (Lipinski definition) is 3. The van der Waals surface area contributed by atoms with Crippen molar-refractivity contribution in [2.24, 2.45) is 0 Å². The Hall–Kier alpha value is -0.521. The van der Waals surface area contributed by atoms with E-state index in [0.29, 0.717) is 0 Å². The number of ether oxygens (including phenoxy) is 1. The summed E-state index contributed by atoms with van der Waals surface area (Å²) < 4.78 is 3.76. The third-order valence-corrected chi connectivity index (χ3v) is 0.502. The molecule has 0 bridgehead atoms. The van der Waals surface area contributed by atoms with E-state index in [1.165, 1.54) is 6.26 Å². The van der Waals surface area contributed by atoms with E-state index in [0.717, 1.165) is 0 Å². The van der Waals surface area contributed by atoms with Crippen LogP contribution in [0.1, 0.15) is 0 Å². The van der Waals surface area contributed by atoms with Crippen LogP contribution in [-0.2, 0) is 9.53 Å². The van der Waals surface area contributed by atoms with Crippen molar-refractivity contribution in [1.82, 2.24) is 0 Å². The zero-order valence-corrected chi connectivity index (χ0v) is 5.09. The molecular formula is C3H2NO2Se. The number of carbonyl (C=O) groups is 1. The summed E-state index contributed by atoms with van der Waals surface area (Å²) >= 11 is 2.16. The summed E-state index contributed by atoms with van der Waals surface area (Å²) in [5, 5.41) is 7.68. The molecule has 0 spiro atoms. The van der Waals surface area contributed by atoms with Crippen molar-refractivity contribution in [3.63, 3.8) is 0 Å². The van der Waals surface area contributed by atoms with Crippen LogP contribution in [0.2, 0.25) is 0 Å². The molecule has 0 aliphatic rings. The van der Waals surface area contributed by atoms with Gasteiger partial charge in [0, 0.05) is 0 Å². The van der Waals surface area contributed by atoms with Gasteiger partial charge in [0.2, 0.25) is 0 Å². The zero-order valence-electron chi connectivity index (χ0n) is 3.38. The third kappa shape index (κ3) is 5.48. The van der Waals surface area contributed by atoms with Gasteiger partial charge in [0.1, 0.15) is 0 Å². The third-order valence-electron chi connectivity index (χ3n) is 0.255. The maximum absolute atomic E-state index is 9.87. The first-order chi connectivity index (χ1) is 3.27. The fourth-order valence-corrected chi connectivity index (χ4v) is 0.215. The normalized spacial score (nSPS) is 6.71. The molecule has 37 valence electrons. The molecule has 7 heavy (non-hydrogen) atoms. The fraction of sp³-hybridized carbons (Fsp3) is 0.333. The van der Waals surface area contributed by atoms with Crippen molar-refractivity contribution in [2.45, 2.75) is 0 Å². The molecule has 0 aromatic rings. The standard InChI is InChI=1S/C3H2NO2Se/c4-2-6-1-3(5)7/h1H2. The summed E-state index contributed by atoms with van der Waals surface area (Å²) in [7, 11) is 0. The van der Waals surface area contributed by atoms with Gasteiger partial charge in [-0.3, -0.25) is 0 Å². The van der Waals surface area contributed by atoms with Gasteiger partial charge in [0.15, 0.2) is 0 Å². The Balaban J connectivity index is 3.02. The summed E-state index contributed by atoms with van der Waals surface area (Å²) in [6, 6.07) is 0. The summed E-state index contributed by atoms with van der Waals surface area (Å²) in [5.74, 6) is 0. The quantitative estimate of drug-likeness (QED) is 0.394. The van der Waals surface area contributed by atoms with E-state index in [1.807, 2.05) is 0 Å². The number of carbonyl (C=O) groups excluding carboxylic acids is 1. The number of hydrogen-bond donors (Lipinski definition) is 0. The minimum absolute atomic E-state index is 0.156. The van der Waals surface area contributed by atoms with Crippen LogP contribution >= 0.6 is 0 Å². The predicted octanol–water partition coefficient (Wildman–Crippen LogP) is -0.821. The predicted molar refractivity (Wildman–Crippen MR) is 22.3 cm³/mol. The van der Waals surface area contributed by atoms with Crippen molar-refractivity contribution >= 4 is 20.7 Å². The number of rotatable bonds is 2. The van der Waals surface area contributed by atoms with E-state index in [-0.39, 0.29) is 11.3 Å². The van der Waals surface area contributed by atoms with Gasteiger partial charge in [-0.05, 0) is 0 Å². The number of nitriles is 1. The van der Waals surface area contributed by atoms with E-state index >= 15 is 0 Å². The Kier molecular flexibility index (Phi) is 3.39. The Bertz CT molecular complexity index is 106. The molecule has 1 radical (unpaired) electrons. The monoisotopic (exact) mass is 164 g/mol. The van der Waals surface area contributed by atoms with E-state index in [9.17, 15) is 4.79 Å². The van der Waals surface area contributed by atoms with Crippen LogP contribution in [0.5, 0.6) is 0 Å². The zero-order chi connectivity index (χ0) is 5.70. The van der Waals surface area contributed by atoms with E-state index in [4.69, 9.17) is 5.26 Å². The van der Waals surface area contributed by atoms with Crippen molar-refractivity contribution in [3.05, 3.63) is 0 Å². The average Bonchev–Trinajstić information content (AvgIpc) is 1.61. The van der Waals surface area contributed by atoms with E-state index in [1.54, 1.807) is 0 Å². The molecule has 0 saturated carbocycles. The summed E-state index contributed by atoms with van der Waals surface area (Å²) in [4.78, 5) is 9.87. The first-order valence-corrected chi connectivity index (χ1v) is 2.33. The first-order valence-electron chi connectivity index (χ1n) is 1.48. The van der Waals surface area contributed by atoms with Gasteiger partial charge in [-0.2, -0.15) is 0 Å². The topological polar surface area (TPSA) is 50.1 Å². The SMILES string of the molecule is N#COCC(=O)[Se]. The summed E-state index contributed by atoms with van der Waals surface area (Å²) in [6.45, 7) is -0.156. The molecule has 0 aromatic carbocycles. The molecule has 3 nitrogen and oxygen atoms in total. The van der Waals surface area contributed by atoms with Crippen LogP contribution < -0.4 is 0 Å². The second-order valence-corrected chi connectivity index (χ2v) is 1.71. The molecule has 0 heterocycles. The minimum atomic E-state index is -0.262. The second-order valence-electron chi connectivity index (χ2n) is 0.752. The summed E-state index contributed by atoms with van der Waals surface area (Å²) in [6.07, 6.45) is 1.36. The molecule has 0 rings (SSSR count). The molecule has 0 aliphatic heterocycles. The van der Waals surface area contributed by atoms with Gasteiger partial charge in [-0.1, -0.05) is 0 Å². The average molecular weight is 163 g/mol. The molecule has 0 unspecified atom stereocenters. The molecule has 0 fully saturated rings. The Morgan fingerprint density at radius 1 is 2.00 bits per heavy atom. The molecule has 0 aliphatic carbocycles. The molecule has 4 heteroatoms. The van der Waals surface area contributed by atoms with Crippen LogP contribution in [0.15, 0.2) is 0 Å². The Morgan fingerprint density at radius 2 is 2.57 bits per heavy atom. The van der Waals surface area contributed by atoms with Gasteiger partial charge >= 0.3 is 48.3 Å². The van der Waals surface area contributed by atoms with E-state index in [2.05, 4.69) is 20.7 Å². The first kappa shape index (κ1) is 6.48. The van der Waals surface area contributed by atoms with Crippen LogP contribution in [-0.4, -0.2) is 27.3 Å².